The summed E-state index contributed by atoms with van der Waals surface area (Å²) >= 11 is 5.99. The number of aromatic nitrogens is 6. The Bertz CT molecular complexity index is 1290. The molecule has 1 atom stereocenters. The summed E-state index contributed by atoms with van der Waals surface area (Å²) in [5.74, 6) is 0.995. The number of carbonyl (C=O) groups is 1. The second-order valence-electron chi connectivity index (χ2n) is 7.25. The first kappa shape index (κ1) is 22.4. The average Bonchev–Trinajstić information content (AvgIpc) is 3.42. The van der Waals surface area contributed by atoms with Gasteiger partial charge in [-0.25, -0.2) is 9.97 Å². The van der Waals surface area contributed by atoms with Crippen LogP contribution in [-0.4, -0.2) is 51.7 Å². The van der Waals surface area contributed by atoms with Crippen molar-refractivity contribution >= 4 is 29.3 Å². The second-order valence-corrected chi connectivity index (χ2v) is 7.69. The number of nitrogens with zero attached hydrogens (tertiary/aromatic N) is 6. The largest absolute Gasteiger partial charge is 0.366 e. The van der Waals surface area contributed by atoms with Gasteiger partial charge in [0.25, 0.3) is 5.91 Å². The van der Waals surface area contributed by atoms with E-state index in [1.165, 1.54) is 12.5 Å². The van der Waals surface area contributed by atoms with Crippen LogP contribution in [-0.2, 0) is 7.05 Å². The molecule has 1 amide bonds. The zero-order valence-corrected chi connectivity index (χ0v) is 18.5. The van der Waals surface area contributed by atoms with Crippen LogP contribution in [0.3, 0.4) is 0 Å². The highest BCUT2D eigenvalue weighted by Crippen LogP contribution is 2.21. The molecular weight excluding hydrogens is 448 g/mol. The Morgan fingerprint density at radius 1 is 1.21 bits per heavy atom. The van der Waals surface area contributed by atoms with Crippen LogP contribution in [0, 0.1) is 6.92 Å². The van der Waals surface area contributed by atoms with Gasteiger partial charge in [0.05, 0.1) is 6.20 Å². The summed E-state index contributed by atoms with van der Waals surface area (Å²) in [5.41, 5.74) is 1.28. The van der Waals surface area contributed by atoms with E-state index >= 15 is 0 Å². The van der Waals surface area contributed by atoms with Gasteiger partial charge in [-0.2, -0.15) is 10.1 Å². The van der Waals surface area contributed by atoms with E-state index < -0.39 is 18.2 Å². The predicted molar refractivity (Wildman–Crippen MR) is 120 cm³/mol. The molecule has 3 aromatic heterocycles. The molecule has 0 saturated carbocycles. The Kier molecular flexibility index (Phi) is 6.36. The van der Waals surface area contributed by atoms with Gasteiger partial charge >= 0.3 is 0 Å². The molecule has 0 radical (unpaired) electrons. The lowest BCUT2D eigenvalue weighted by Gasteiger charge is -2.20. The summed E-state index contributed by atoms with van der Waals surface area (Å²) < 4.78 is 3.23. The third-order valence-corrected chi connectivity index (χ3v) is 5.09. The van der Waals surface area contributed by atoms with Crippen molar-refractivity contribution in [1.29, 1.82) is 0 Å². The Morgan fingerprint density at radius 2 is 2.03 bits per heavy atom. The molecule has 12 heteroatoms. The van der Waals surface area contributed by atoms with Crippen molar-refractivity contribution in [3.63, 3.8) is 0 Å². The van der Waals surface area contributed by atoms with Gasteiger partial charge < -0.3 is 20.8 Å². The molecule has 0 aliphatic heterocycles. The van der Waals surface area contributed by atoms with Crippen LogP contribution in [0.2, 0.25) is 5.02 Å². The zero-order valence-electron chi connectivity index (χ0n) is 17.7. The number of aliphatic hydroxyl groups excluding tert-OH is 1. The molecular formula is C21H21ClN8O3. The zero-order chi connectivity index (χ0) is 23.5. The molecule has 0 spiro atoms. The minimum Gasteiger partial charge on any atom is -0.366 e. The van der Waals surface area contributed by atoms with Crippen molar-refractivity contribution in [1.82, 2.24) is 34.6 Å². The molecule has 0 aliphatic rings. The van der Waals surface area contributed by atoms with E-state index in [4.69, 9.17) is 11.6 Å². The van der Waals surface area contributed by atoms with Crippen molar-refractivity contribution in [2.45, 2.75) is 19.3 Å². The van der Waals surface area contributed by atoms with Gasteiger partial charge in [-0.15, -0.1) is 0 Å². The highest BCUT2D eigenvalue weighted by atomic mass is 35.5. The third-order valence-electron chi connectivity index (χ3n) is 4.86. The van der Waals surface area contributed by atoms with Crippen molar-refractivity contribution in [3.8, 4) is 5.82 Å². The number of halogens is 1. The normalized spacial score (nSPS) is 12.1. The molecule has 11 nitrogen and oxygen atoms in total. The lowest BCUT2D eigenvalue weighted by molar-refractivity contribution is -0.0661. The fraction of sp³-hybridized carbons (Fsp3) is 0.190. The number of imidazole rings is 1. The maximum absolute atomic E-state index is 12.8. The predicted octanol–water partition coefficient (Wildman–Crippen LogP) is 1.88. The number of carbonyl (C=O) groups excluding carboxylic acids is 1. The Labute approximate surface area is 193 Å². The SMILES string of the molecule is Cc1cnc(Nc2ccnn2C)nc1-n1cnc(C(=O)N[C@@H](c2cccc(Cl)c2)C(O)O)c1. The fourth-order valence-corrected chi connectivity index (χ4v) is 3.37. The summed E-state index contributed by atoms with van der Waals surface area (Å²) in [4.78, 5) is 25.7. The van der Waals surface area contributed by atoms with E-state index in [1.807, 2.05) is 6.92 Å². The third kappa shape index (κ3) is 5.00. The van der Waals surface area contributed by atoms with Crippen molar-refractivity contribution < 1.29 is 15.0 Å². The van der Waals surface area contributed by atoms with Crippen LogP contribution in [0.1, 0.15) is 27.7 Å². The number of anilines is 2. The maximum atomic E-state index is 12.8. The van der Waals surface area contributed by atoms with E-state index in [9.17, 15) is 15.0 Å². The van der Waals surface area contributed by atoms with Gasteiger partial charge in [-0.3, -0.25) is 14.0 Å². The van der Waals surface area contributed by atoms with E-state index in [0.29, 0.717) is 28.2 Å². The topological polar surface area (TPSA) is 143 Å². The van der Waals surface area contributed by atoms with Gasteiger partial charge in [0.2, 0.25) is 5.95 Å². The van der Waals surface area contributed by atoms with E-state index in [1.54, 1.807) is 59.0 Å². The molecule has 33 heavy (non-hydrogen) atoms. The first-order chi connectivity index (χ1) is 15.8. The van der Waals surface area contributed by atoms with Gasteiger partial charge in [0, 0.05) is 36.1 Å². The van der Waals surface area contributed by atoms with Gasteiger partial charge in [0.15, 0.2) is 6.29 Å². The number of aliphatic hydroxyl groups is 2. The Morgan fingerprint density at radius 3 is 2.73 bits per heavy atom. The van der Waals surface area contributed by atoms with E-state index in [2.05, 4.69) is 30.7 Å². The number of rotatable bonds is 7. The standard InChI is InChI=1S/C21H21ClN8O3/c1-12-9-23-21(26-16-6-7-25-29(16)2)28-18(12)30-10-15(24-11-30)19(31)27-17(20(32)33)13-4-3-5-14(22)8-13/h3-11,17,20,32-33H,1-2H3,(H,27,31)(H,23,26,28)/t17-/m0/s1. The lowest BCUT2D eigenvalue weighted by atomic mass is 10.1. The molecule has 0 bridgehead atoms. The monoisotopic (exact) mass is 468 g/mol. The summed E-state index contributed by atoms with van der Waals surface area (Å²) in [6, 6.07) is 7.19. The summed E-state index contributed by atoms with van der Waals surface area (Å²) in [6.07, 6.45) is 4.41. The quantitative estimate of drug-likeness (QED) is 0.301. The van der Waals surface area contributed by atoms with Gasteiger partial charge in [0.1, 0.15) is 29.7 Å². The molecule has 0 fully saturated rings. The molecule has 4 N–H and O–H groups in total. The highest BCUT2D eigenvalue weighted by Gasteiger charge is 2.23. The summed E-state index contributed by atoms with van der Waals surface area (Å²) in [6.45, 7) is 1.83. The van der Waals surface area contributed by atoms with Crippen LogP contribution in [0.4, 0.5) is 11.8 Å². The molecule has 0 saturated heterocycles. The molecule has 3 heterocycles. The molecule has 4 rings (SSSR count). The molecule has 0 unspecified atom stereocenters. The maximum Gasteiger partial charge on any atom is 0.272 e. The van der Waals surface area contributed by atoms with Crippen molar-refractivity contribution in [3.05, 3.63) is 77.1 Å². The smallest absolute Gasteiger partial charge is 0.272 e. The van der Waals surface area contributed by atoms with Crippen LogP contribution in [0.25, 0.3) is 5.82 Å². The molecule has 1 aromatic carbocycles. The van der Waals surface area contributed by atoms with Crippen molar-refractivity contribution in [2.75, 3.05) is 5.32 Å². The molecule has 0 aliphatic carbocycles. The molecule has 4 aromatic rings. The number of hydrogen-bond donors (Lipinski definition) is 4. The number of aryl methyl sites for hydroxylation is 2. The average molecular weight is 469 g/mol. The minimum absolute atomic E-state index is 0.0711. The Hall–Kier alpha value is -3.80. The fourth-order valence-electron chi connectivity index (χ4n) is 3.17. The van der Waals surface area contributed by atoms with Crippen LogP contribution >= 0.6 is 11.6 Å². The van der Waals surface area contributed by atoms with Crippen LogP contribution in [0.15, 0.2) is 55.2 Å². The van der Waals surface area contributed by atoms with Crippen LogP contribution in [0.5, 0.6) is 0 Å². The minimum atomic E-state index is -1.83. The first-order valence-corrected chi connectivity index (χ1v) is 10.2. The Balaban J connectivity index is 1.55. The summed E-state index contributed by atoms with van der Waals surface area (Å²) in [7, 11) is 1.79. The number of hydrogen-bond acceptors (Lipinski definition) is 8. The van der Waals surface area contributed by atoms with Crippen LogP contribution < -0.4 is 10.6 Å². The van der Waals surface area contributed by atoms with Crippen molar-refractivity contribution in [2.24, 2.45) is 7.05 Å². The lowest BCUT2D eigenvalue weighted by Crippen LogP contribution is -2.36. The first-order valence-electron chi connectivity index (χ1n) is 9.87. The summed E-state index contributed by atoms with van der Waals surface area (Å²) in [5, 5.41) is 29.7. The van der Waals surface area contributed by atoms with E-state index in [0.717, 1.165) is 5.56 Å². The van der Waals surface area contributed by atoms with Gasteiger partial charge in [-0.1, -0.05) is 23.7 Å². The molecule has 170 valence electrons. The number of benzene rings is 1. The van der Waals surface area contributed by atoms with E-state index in [-0.39, 0.29) is 5.69 Å². The van der Waals surface area contributed by atoms with Gasteiger partial charge in [-0.05, 0) is 24.6 Å². The highest BCUT2D eigenvalue weighted by molar-refractivity contribution is 6.30. The second kappa shape index (κ2) is 9.36. The number of amides is 1. The number of nitrogens with one attached hydrogen (secondary N) is 2.